The lowest BCUT2D eigenvalue weighted by molar-refractivity contribution is -0.385. The summed E-state index contributed by atoms with van der Waals surface area (Å²) in [7, 11) is 0. The van der Waals surface area contributed by atoms with Gasteiger partial charge < -0.3 is 14.6 Å². The van der Waals surface area contributed by atoms with Crippen molar-refractivity contribution >= 4 is 12.0 Å². The number of hydrogen-bond donors (Lipinski definition) is 1. The van der Waals surface area contributed by atoms with Crippen LogP contribution < -0.4 is 9.47 Å². The van der Waals surface area contributed by atoms with Crippen LogP contribution in [0.5, 0.6) is 11.5 Å². The number of aldehydes is 1. The lowest BCUT2D eigenvalue weighted by atomic mass is 10.2. The maximum Gasteiger partial charge on any atom is 0.283 e. The second-order valence-electron chi connectivity index (χ2n) is 3.58. The van der Waals surface area contributed by atoms with E-state index in [1.54, 1.807) is 0 Å². The molecule has 1 aromatic rings. The minimum atomic E-state index is -0.911. The van der Waals surface area contributed by atoms with Crippen LogP contribution in [0.1, 0.15) is 17.3 Å². The third kappa shape index (κ3) is 1.92. The van der Waals surface area contributed by atoms with E-state index in [1.807, 2.05) is 0 Å². The van der Waals surface area contributed by atoms with Crippen molar-refractivity contribution in [1.82, 2.24) is 0 Å². The van der Waals surface area contributed by atoms with Crippen molar-refractivity contribution in [1.29, 1.82) is 0 Å². The molecule has 2 atom stereocenters. The molecule has 0 aliphatic carbocycles. The van der Waals surface area contributed by atoms with Crippen LogP contribution in [0.3, 0.4) is 0 Å². The third-order valence-corrected chi connectivity index (χ3v) is 2.30. The number of fused-ring (bicyclic) bond motifs is 1. The fourth-order valence-corrected chi connectivity index (χ4v) is 1.47. The van der Waals surface area contributed by atoms with Gasteiger partial charge in [0.05, 0.1) is 16.6 Å². The Morgan fingerprint density at radius 1 is 1.47 bits per heavy atom. The highest BCUT2D eigenvalue weighted by molar-refractivity contribution is 5.83. The van der Waals surface area contributed by atoms with Crippen LogP contribution in [0, 0.1) is 10.1 Å². The summed E-state index contributed by atoms with van der Waals surface area (Å²) in [5.74, 6) is 0.358. The Balaban J connectivity index is 2.43. The second-order valence-corrected chi connectivity index (χ2v) is 3.58. The van der Waals surface area contributed by atoms with E-state index in [0.717, 1.165) is 6.07 Å². The largest absolute Gasteiger partial charge is 0.448 e. The maximum atomic E-state index is 10.7. The van der Waals surface area contributed by atoms with Gasteiger partial charge in [0.15, 0.2) is 17.8 Å². The highest BCUT2D eigenvalue weighted by Gasteiger charge is 2.31. The first-order chi connectivity index (χ1) is 8.02. The van der Waals surface area contributed by atoms with E-state index in [4.69, 9.17) is 9.47 Å². The molecule has 7 nitrogen and oxygen atoms in total. The van der Waals surface area contributed by atoms with E-state index < -0.39 is 17.3 Å². The summed E-state index contributed by atoms with van der Waals surface area (Å²) in [5, 5.41) is 20.0. The molecule has 90 valence electrons. The highest BCUT2D eigenvalue weighted by Crippen LogP contribution is 2.39. The number of carbonyl (C=O) groups excluding carboxylic acids is 1. The molecule has 0 amide bonds. The molecular formula is C10H9NO6. The zero-order valence-corrected chi connectivity index (χ0v) is 8.82. The van der Waals surface area contributed by atoms with Gasteiger partial charge in [-0.3, -0.25) is 14.9 Å². The Bertz CT molecular complexity index is 484. The molecular weight excluding hydrogens is 230 g/mol. The molecule has 0 fully saturated rings. The molecule has 0 saturated carbocycles. The molecule has 0 radical (unpaired) electrons. The van der Waals surface area contributed by atoms with Crippen molar-refractivity contribution in [3.63, 3.8) is 0 Å². The number of hydrogen-bond acceptors (Lipinski definition) is 6. The number of nitro benzene ring substituents is 1. The van der Waals surface area contributed by atoms with Gasteiger partial charge in [0.1, 0.15) is 6.10 Å². The Labute approximate surface area is 95.7 Å². The normalized spacial score (nSPS) is 18.8. The fraction of sp³-hybridized carbons (Fsp3) is 0.300. The molecule has 2 rings (SSSR count). The van der Waals surface area contributed by atoms with Crippen molar-refractivity contribution in [3.05, 3.63) is 27.8 Å². The van der Waals surface area contributed by atoms with Crippen molar-refractivity contribution in [2.45, 2.75) is 19.3 Å². The molecule has 0 aromatic heterocycles. The smallest absolute Gasteiger partial charge is 0.283 e. The van der Waals surface area contributed by atoms with Crippen molar-refractivity contribution in [2.75, 3.05) is 0 Å². The van der Waals surface area contributed by atoms with Gasteiger partial charge in [0, 0.05) is 6.07 Å². The van der Waals surface area contributed by atoms with Crippen LogP contribution in [-0.2, 0) is 0 Å². The van der Waals surface area contributed by atoms with Crippen molar-refractivity contribution in [2.24, 2.45) is 0 Å². The van der Waals surface area contributed by atoms with E-state index in [2.05, 4.69) is 0 Å². The van der Waals surface area contributed by atoms with Crippen molar-refractivity contribution in [3.8, 4) is 11.5 Å². The molecule has 2 unspecified atom stereocenters. The van der Waals surface area contributed by atoms with Gasteiger partial charge >= 0.3 is 0 Å². The zero-order valence-electron chi connectivity index (χ0n) is 8.82. The molecule has 17 heavy (non-hydrogen) atoms. The predicted octanol–water partition coefficient (Wildman–Crippen LogP) is 0.885. The summed E-state index contributed by atoms with van der Waals surface area (Å²) in [6.07, 6.45) is -1.43. The highest BCUT2D eigenvalue weighted by atomic mass is 16.7. The minimum absolute atomic E-state index is 0.0939. The molecule has 1 heterocycles. The summed E-state index contributed by atoms with van der Waals surface area (Å²) in [4.78, 5) is 20.7. The van der Waals surface area contributed by atoms with Gasteiger partial charge in [-0.15, -0.1) is 0 Å². The van der Waals surface area contributed by atoms with Crippen molar-refractivity contribution < 1.29 is 24.3 Å². The number of nitro groups is 1. The Morgan fingerprint density at radius 2 is 2.06 bits per heavy atom. The van der Waals surface area contributed by atoms with E-state index in [0.29, 0.717) is 6.29 Å². The number of rotatable bonds is 3. The first kappa shape index (κ1) is 11.3. The van der Waals surface area contributed by atoms with E-state index >= 15 is 0 Å². The predicted molar refractivity (Wildman–Crippen MR) is 55.2 cm³/mol. The van der Waals surface area contributed by atoms with Gasteiger partial charge in [-0.1, -0.05) is 0 Å². The maximum absolute atomic E-state index is 10.7. The average molecular weight is 239 g/mol. The monoisotopic (exact) mass is 239 g/mol. The summed E-state index contributed by atoms with van der Waals surface area (Å²) >= 11 is 0. The number of aliphatic hydroxyl groups is 1. The van der Waals surface area contributed by atoms with Crippen LogP contribution in [0.2, 0.25) is 0 Å². The molecule has 0 spiro atoms. The number of benzene rings is 1. The van der Waals surface area contributed by atoms with Crippen LogP contribution in [0.4, 0.5) is 5.69 Å². The first-order valence-electron chi connectivity index (χ1n) is 4.82. The Hall–Kier alpha value is -2.15. The summed E-state index contributed by atoms with van der Waals surface area (Å²) in [5.41, 5.74) is -0.447. The molecule has 1 aromatic carbocycles. The number of ether oxygens (including phenoxy) is 2. The number of aliphatic hydroxyl groups excluding tert-OH is 1. The summed E-state index contributed by atoms with van der Waals surface area (Å²) in [6, 6.07) is 2.34. The first-order valence-corrected chi connectivity index (χ1v) is 4.82. The second kappa shape index (κ2) is 4.02. The van der Waals surface area contributed by atoms with Crippen LogP contribution in [0.25, 0.3) is 0 Å². The van der Waals surface area contributed by atoms with E-state index in [-0.39, 0.29) is 22.7 Å². The van der Waals surface area contributed by atoms with Gasteiger partial charge in [0.25, 0.3) is 12.0 Å². The molecule has 0 saturated heterocycles. The third-order valence-electron chi connectivity index (χ3n) is 2.30. The zero-order chi connectivity index (χ0) is 12.6. The lowest BCUT2D eigenvalue weighted by Crippen LogP contribution is -2.30. The molecule has 0 bridgehead atoms. The molecule has 1 aliphatic rings. The quantitative estimate of drug-likeness (QED) is 0.477. The van der Waals surface area contributed by atoms with Gasteiger partial charge in [-0.05, 0) is 6.92 Å². The van der Waals surface area contributed by atoms with Crippen LogP contribution in [-0.4, -0.2) is 28.7 Å². The van der Waals surface area contributed by atoms with Gasteiger partial charge in [0.2, 0.25) is 0 Å². The number of carbonyl (C=O) groups is 1. The van der Waals surface area contributed by atoms with Crippen LogP contribution >= 0.6 is 0 Å². The number of nitrogens with zero attached hydrogens (tertiary/aromatic N) is 1. The topological polar surface area (TPSA) is 98.9 Å². The van der Waals surface area contributed by atoms with Gasteiger partial charge in [-0.2, -0.15) is 0 Å². The Morgan fingerprint density at radius 3 is 2.53 bits per heavy atom. The summed E-state index contributed by atoms with van der Waals surface area (Å²) < 4.78 is 10.4. The fourth-order valence-electron chi connectivity index (χ4n) is 1.47. The van der Waals surface area contributed by atoms with Crippen LogP contribution in [0.15, 0.2) is 12.1 Å². The lowest BCUT2D eigenvalue weighted by Gasteiger charge is -2.11. The van der Waals surface area contributed by atoms with E-state index in [1.165, 1.54) is 13.0 Å². The van der Waals surface area contributed by atoms with E-state index in [9.17, 15) is 20.0 Å². The summed E-state index contributed by atoms with van der Waals surface area (Å²) in [6.45, 7) is 1.46. The average Bonchev–Trinajstić information content (AvgIpc) is 2.69. The molecule has 1 N–H and O–H groups in total. The molecule has 1 aliphatic heterocycles. The minimum Gasteiger partial charge on any atom is -0.448 e. The SMILES string of the molecule is CC(O)C1Oc2cc(C=O)c([N+](=O)[O-])cc2O1. The molecule has 7 heteroatoms. The Kier molecular flexibility index (Phi) is 2.68. The standard InChI is InChI=1S/C10H9NO6/c1-5(13)10-16-8-2-6(4-12)7(11(14)15)3-9(8)17-10/h2-5,10,13H,1H3. The van der Waals surface area contributed by atoms with Gasteiger partial charge in [-0.25, -0.2) is 0 Å².